The summed E-state index contributed by atoms with van der Waals surface area (Å²) in [6.45, 7) is 1.90. The summed E-state index contributed by atoms with van der Waals surface area (Å²) in [5.41, 5.74) is 0. The molecule has 0 amide bonds. The van der Waals surface area contributed by atoms with E-state index in [1.165, 1.54) is 7.06 Å². The quantitative estimate of drug-likeness (QED) is 0.187. The maximum absolute atomic E-state index is 5.11. The minimum Gasteiger partial charge on any atom is -0.188 e. The van der Waals surface area contributed by atoms with Gasteiger partial charge in [0.05, 0.1) is 6.89 Å². The molecule has 11 heavy (non-hydrogen) atoms. The highest BCUT2D eigenvalue weighted by Gasteiger charge is 1.94. The molecular weight excluding hydrogens is 139 g/mol. The fourth-order valence-electron chi connectivity index (χ4n) is 0.449. The van der Waals surface area contributed by atoms with Gasteiger partial charge >= 0.3 is 0 Å². The van der Waals surface area contributed by atoms with Crippen LogP contribution in [0, 0.1) is 0 Å². The van der Waals surface area contributed by atoms with Crippen molar-refractivity contribution in [1.82, 2.24) is 0 Å². The molecule has 0 aromatic heterocycles. The molecule has 0 heterocycles. The van der Waals surface area contributed by atoms with Crippen LogP contribution in [0.4, 0.5) is 0 Å². The molecule has 0 aliphatic rings. The van der Waals surface area contributed by atoms with Crippen molar-refractivity contribution in [1.29, 1.82) is 0 Å². The summed E-state index contributed by atoms with van der Waals surface area (Å²) in [6.07, 6.45) is 0. The second-order valence-corrected chi connectivity index (χ2v) is 2.12. The Bertz CT molecular complexity index is 53.9. The predicted octanol–water partition coefficient (Wildman–Crippen LogP) is -3.48. The molecule has 0 aromatic carbocycles. The van der Waals surface area contributed by atoms with E-state index in [9.17, 15) is 0 Å². The van der Waals surface area contributed by atoms with Gasteiger partial charge in [0.1, 0.15) is 0 Å². The van der Waals surface area contributed by atoms with Crippen LogP contribution in [0.2, 0.25) is 0 Å². The monoisotopic (exact) mass is 143 g/mol. The van der Waals surface area contributed by atoms with Gasteiger partial charge in [-0.25, -0.2) is 0 Å². The van der Waals surface area contributed by atoms with Crippen molar-refractivity contribution in [3.05, 3.63) is 0 Å². The Morgan fingerprint density at radius 3 is 1.64 bits per heavy atom. The van der Waals surface area contributed by atoms with E-state index < -0.39 is 0 Å². The molecule has 1 atom stereocenters. The number of hydrogen-bond acceptors (Lipinski definition) is 0. The van der Waals surface area contributed by atoms with E-state index in [0.29, 0.717) is 0 Å². The van der Waals surface area contributed by atoms with Crippen LogP contribution in [-0.4, -0.2) is 71.1 Å². The van der Waals surface area contributed by atoms with E-state index in [2.05, 4.69) is 9.12 Å². The van der Waals surface area contributed by atoms with Crippen molar-refractivity contribution >= 4 is 80.2 Å². The third-order valence-electron chi connectivity index (χ3n) is 0.889. The zero-order chi connectivity index (χ0) is 8.36. The Balaban J connectivity index is 2.69. The zero-order valence-corrected chi connectivity index (χ0v) is 7.51. The first-order valence-electron chi connectivity index (χ1n) is 3.33. The van der Waals surface area contributed by atoms with E-state index in [-0.39, 0.29) is 0 Å². The molecule has 0 spiro atoms. The number of hydrogen-bond donors (Lipinski definition) is 0. The molecule has 0 saturated carbocycles. The summed E-state index contributed by atoms with van der Waals surface area (Å²) in [5, 5.41) is 0. The molecule has 0 aliphatic heterocycles. The molecule has 0 bridgehead atoms. The van der Waals surface area contributed by atoms with Crippen LogP contribution in [0.25, 0.3) is 0 Å². The van der Waals surface area contributed by atoms with Gasteiger partial charge in [-0.3, -0.25) is 0 Å². The van der Waals surface area contributed by atoms with Gasteiger partial charge < -0.3 is 0 Å². The Labute approximate surface area is 80.5 Å². The average molecular weight is 141 g/mol. The summed E-state index contributed by atoms with van der Waals surface area (Å²) >= 11 is 0. The van der Waals surface area contributed by atoms with Gasteiger partial charge in [0.15, 0.2) is 0 Å². The third kappa shape index (κ3) is 11.1. The van der Waals surface area contributed by atoms with Crippen molar-refractivity contribution in [3.8, 4) is 0 Å². The second-order valence-electron chi connectivity index (χ2n) is 1.73. The Hall–Kier alpha value is 1.08. The van der Waals surface area contributed by atoms with E-state index in [4.69, 9.17) is 7.74 Å². The highest BCUT2D eigenvalue weighted by atomic mass is 31.0. The van der Waals surface area contributed by atoms with Gasteiger partial charge in [0.25, 0.3) is 0 Å². The minimum atomic E-state index is 1.50. The first kappa shape index (κ1) is 12.1. The first-order valence-corrected chi connectivity index (χ1v) is 4.00. The highest BCUT2D eigenvalue weighted by molar-refractivity contribution is 7.78. The highest BCUT2D eigenvalue weighted by Crippen LogP contribution is 1.67. The van der Waals surface area contributed by atoms with Crippen LogP contribution in [0.1, 0.15) is 0 Å². The van der Waals surface area contributed by atoms with Gasteiger partial charge in [-0.05, 0) is 0 Å². The average Bonchev–Trinajstić information content (AvgIpc) is 2.03. The topological polar surface area (TPSA) is 0 Å². The second kappa shape index (κ2) is 11.1. The van der Waals surface area contributed by atoms with Gasteiger partial charge in [0, 0.05) is 64.2 Å². The third-order valence-corrected chi connectivity index (χ3v) is 1.11. The van der Waals surface area contributed by atoms with Crippen molar-refractivity contribution in [2.75, 3.05) is 0 Å². The summed E-state index contributed by atoms with van der Waals surface area (Å²) in [6, 6.07) is 0. The fraction of sp³-hybridized carbons (Fsp3) is 0. The Kier molecular flexibility index (Phi) is 12.2. The molecule has 0 aliphatic carbocycles. The maximum Gasteiger partial charge on any atom is 0.0825 e. The summed E-state index contributed by atoms with van der Waals surface area (Å²) in [5.74, 6) is 0. The van der Waals surface area contributed by atoms with Crippen LogP contribution in [0.5, 0.6) is 0 Å². The largest absolute Gasteiger partial charge is 0.188 e. The lowest BCUT2D eigenvalue weighted by Crippen LogP contribution is -2.31. The summed E-state index contributed by atoms with van der Waals surface area (Å²) in [4.78, 5) is 0. The molecule has 0 rings (SSSR count). The van der Waals surface area contributed by atoms with Gasteiger partial charge in [-0.1, -0.05) is 0 Å². The molecule has 1 unspecified atom stereocenters. The first-order chi connectivity index (χ1) is 5.41. The van der Waals surface area contributed by atoms with Crippen LogP contribution in [0.3, 0.4) is 0 Å². The van der Waals surface area contributed by atoms with Gasteiger partial charge in [-0.2, -0.15) is 9.12 Å². The predicted molar refractivity (Wildman–Crippen MR) is 67.2 cm³/mol. The minimum absolute atomic E-state index is 1.50. The smallest absolute Gasteiger partial charge is 0.0825 e. The summed E-state index contributed by atoms with van der Waals surface area (Å²) < 4.78 is 0. The molecule has 0 saturated heterocycles. The molecule has 11 radical (unpaired) electrons. The van der Waals surface area contributed by atoms with Crippen LogP contribution in [-0.2, 0) is 0 Å². The van der Waals surface area contributed by atoms with E-state index in [0.717, 1.165) is 0 Å². The van der Waals surface area contributed by atoms with Crippen LogP contribution < -0.4 is 0 Å². The summed E-state index contributed by atoms with van der Waals surface area (Å²) in [7, 11) is 22.4. The molecule has 37 valence electrons. The molecule has 0 nitrogen and oxygen atoms in total. The van der Waals surface area contributed by atoms with E-state index in [1.54, 1.807) is 7.06 Å². The normalized spacial score (nSPS) is 7.00. The van der Waals surface area contributed by atoms with Gasteiger partial charge in [0.2, 0.25) is 0 Å². The van der Waals surface area contributed by atoms with Crippen molar-refractivity contribution in [3.63, 3.8) is 0 Å². The lowest BCUT2D eigenvalue weighted by molar-refractivity contribution is 3.83. The molecule has 11 heteroatoms. The van der Waals surface area contributed by atoms with Crippen LogP contribution >= 0.6 is 9.12 Å². The van der Waals surface area contributed by atoms with E-state index in [1.807, 2.05) is 49.3 Å². The Morgan fingerprint density at radius 2 is 1.18 bits per heavy atom. The number of rotatable bonds is 8. The van der Waals surface area contributed by atoms with Crippen LogP contribution in [0.15, 0.2) is 0 Å². The molecule has 0 aromatic rings. The lowest BCUT2D eigenvalue weighted by atomic mass is 8.89. The van der Waals surface area contributed by atoms with Crippen molar-refractivity contribution in [2.45, 2.75) is 0 Å². The van der Waals surface area contributed by atoms with E-state index >= 15 is 0 Å². The molecule has 0 N–H and O–H groups in total. The SMILES string of the molecule is [B][B][B][B][B][B][B][B][B][B]P. The maximum atomic E-state index is 5.11. The van der Waals surface area contributed by atoms with Crippen molar-refractivity contribution < 1.29 is 0 Å². The molecular formula is H2B10P. The fourth-order valence-corrected chi connectivity index (χ4v) is 0.577. The lowest BCUT2D eigenvalue weighted by Gasteiger charge is -1.93. The van der Waals surface area contributed by atoms with Gasteiger partial charge in [-0.15, -0.1) is 0 Å². The van der Waals surface area contributed by atoms with Crippen molar-refractivity contribution in [2.24, 2.45) is 0 Å². The molecule has 0 fully saturated rings. The standard InChI is InChI=1S/B10H2P/c1-2-3-4-5-6-7-8-9-10-11/h11H2. The zero-order valence-electron chi connectivity index (χ0n) is 6.35. The Morgan fingerprint density at radius 1 is 0.727 bits per heavy atom.